The topological polar surface area (TPSA) is 60.5 Å². The van der Waals surface area contributed by atoms with E-state index in [0.717, 1.165) is 45.3 Å². The Bertz CT molecular complexity index is 1360. The van der Waals surface area contributed by atoms with Crippen molar-refractivity contribution < 1.29 is 23.7 Å². The van der Waals surface area contributed by atoms with Crippen LogP contribution in [0.25, 0.3) is 0 Å². The molecule has 7 nitrogen and oxygen atoms in total. The predicted molar refractivity (Wildman–Crippen MR) is 163 cm³/mol. The fourth-order valence-corrected chi connectivity index (χ4v) is 7.70. The third-order valence-electron chi connectivity index (χ3n) is 9.60. The highest BCUT2D eigenvalue weighted by molar-refractivity contribution is 5.89. The number of piperidine rings is 2. The van der Waals surface area contributed by atoms with Crippen molar-refractivity contribution in [1.29, 1.82) is 0 Å². The van der Waals surface area contributed by atoms with Crippen LogP contribution in [0.4, 0.5) is 0 Å². The van der Waals surface area contributed by atoms with Gasteiger partial charge in [-0.3, -0.25) is 14.6 Å². The van der Waals surface area contributed by atoms with Gasteiger partial charge in [0.25, 0.3) is 0 Å². The molecular weight excluding hydrogens is 540 g/mol. The summed E-state index contributed by atoms with van der Waals surface area (Å²) in [4.78, 5) is 20.1. The zero-order valence-corrected chi connectivity index (χ0v) is 24.8. The van der Waals surface area contributed by atoms with Gasteiger partial charge in [0.05, 0.1) is 46.9 Å². The molecule has 4 aromatic rings. The summed E-state index contributed by atoms with van der Waals surface area (Å²) in [5, 5.41) is 0. The zero-order chi connectivity index (χ0) is 29.7. The number of ether oxygens (including phenoxy) is 4. The van der Waals surface area contributed by atoms with Gasteiger partial charge in [0.15, 0.2) is 0 Å². The molecule has 43 heavy (non-hydrogen) atoms. The maximum Gasteiger partial charge on any atom is 0.146 e. The zero-order valence-electron chi connectivity index (χ0n) is 24.8. The highest BCUT2D eigenvalue weighted by Crippen LogP contribution is 2.64. The van der Waals surface area contributed by atoms with Crippen LogP contribution < -0.4 is 18.9 Å². The third-order valence-corrected chi connectivity index (χ3v) is 9.60. The van der Waals surface area contributed by atoms with Crippen molar-refractivity contribution >= 4 is 5.78 Å². The van der Waals surface area contributed by atoms with E-state index in [1.807, 2.05) is 48.5 Å². The number of carbonyl (C=O) groups excluding carboxylic acids is 1. The molecule has 0 radical (unpaired) electrons. The van der Waals surface area contributed by atoms with Crippen LogP contribution in [-0.2, 0) is 4.79 Å². The molecule has 2 unspecified atom stereocenters. The highest BCUT2D eigenvalue weighted by atomic mass is 16.5. The van der Waals surface area contributed by atoms with Gasteiger partial charge in [0, 0.05) is 24.2 Å². The van der Waals surface area contributed by atoms with E-state index in [1.165, 1.54) is 0 Å². The van der Waals surface area contributed by atoms with Crippen molar-refractivity contribution in [1.82, 2.24) is 9.80 Å². The van der Waals surface area contributed by atoms with E-state index >= 15 is 4.79 Å². The Labute approximate surface area is 252 Å². The van der Waals surface area contributed by atoms with Crippen LogP contribution >= 0.6 is 0 Å². The molecule has 6 atom stereocenters. The van der Waals surface area contributed by atoms with Gasteiger partial charge in [-0.15, -0.1) is 0 Å². The molecule has 4 fully saturated rings. The molecule has 8 rings (SSSR count). The van der Waals surface area contributed by atoms with E-state index in [4.69, 9.17) is 18.9 Å². The number of methoxy groups -OCH3 is 4. The van der Waals surface area contributed by atoms with E-state index in [-0.39, 0.29) is 36.0 Å². The second-order valence-corrected chi connectivity index (χ2v) is 11.5. The van der Waals surface area contributed by atoms with E-state index < -0.39 is 0 Å². The number of rotatable bonds is 8. The third kappa shape index (κ3) is 4.46. The Morgan fingerprint density at radius 1 is 0.442 bits per heavy atom. The Morgan fingerprint density at radius 2 is 0.674 bits per heavy atom. The van der Waals surface area contributed by atoms with Crippen LogP contribution in [0.5, 0.6) is 23.0 Å². The Kier molecular flexibility index (Phi) is 7.07. The Balaban J connectivity index is 1.41. The maximum atomic E-state index is 15.0. The van der Waals surface area contributed by atoms with Crippen LogP contribution in [0.15, 0.2) is 97.1 Å². The molecule has 220 valence electrons. The molecule has 0 amide bonds. The fraction of sp³-hybridized carbons (Fsp3) is 0.306. The van der Waals surface area contributed by atoms with Crippen molar-refractivity contribution in [3.05, 3.63) is 119 Å². The molecule has 4 saturated heterocycles. The van der Waals surface area contributed by atoms with Gasteiger partial charge in [-0.25, -0.2) is 0 Å². The number of Topliss-reactive ketones (excluding diaryl/α,β-unsaturated/α-hetero) is 1. The second-order valence-electron chi connectivity index (χ2n) is 11.5. The monoisotopic (exact) mass is 576 g/mol. The summed E-state index contributed by atoms with van der Waals surface area (Å²) in [5.74, 6) is 3.02. The largest absolute Gasteiger partial charge is 0.497 e. The predicted octanol–water partition coefficient (Wildman–Crippen LogP) is 6.39. The number of hydrogen-bond acceptors (Lipinski definition) is 7. The standard InChI is InChI=1S/C36H36N2O5/c1-40-26-13-5-22(6-14-26)32-30-33(23-7-15-27(41-2)16-8-23)38-21-37(32)34(24-9-17-28(42-3)18-10-24)31(36(30)39)35(38)25-11-19-29(43-4)20-12-25/h5-20,30-35H,21H2,1-4H3/t30?,31?,32-,33-,34+,35+. The van der Waals surface area contributed by atoms with E-state index in [1.54, 1.807) is 28.4 Å². The van der Waals surface area contributed by atoms with Crippen LogP contribution in [0.2, 0.25) is 0 Å². The number of carbonyl (C=O) groups is 1. The highest BCUT2D eigenvalue weighted by Gasteiger charge is 2.65. The first-order valence-corrected chi connectivity index (χ1v) is 14.7. The maximum absolute atomic E-state index is 15.0. The normalized spacial score (nSPS) is 28.9. The average Bonchev–Trinajstić information content (AvgIpc) is 3.07. The number of ketones is 1. The van der Waals surface area contributed by atoms with Gasteiger partial charge in [0.2, 0.25) is 0 Å². The van der Waals surface area contributed by atoms with Crippen molar-refractivity contribution in [3.63, 3.8) is 0 Å². The molecule has 0 aromatic heterocycles. The summed E-state index contributed by atoms with van der Waals surface area (Å²) in [5.41, 5.74) is 4.49. The first kappa shape index (κ1) is 27.5. The minimum absolute atomic E-state index is 0.0954. The van der Waals surface area contributed by atoms with Crippen LogP contribution in [0.3, 0.4) is 0 Å². The van der Waals surface area contributed by atoms with Crippen molar-refractivity contribution in [2.45, 2.75) is 24.2 Å². The lowest BCUT2D eigenvalue weighted by molar-refractivity contribution is -0.208. The average molecular weight is 577 g/mol. The molecule has 0 spiro atoms. The number of benzene rings is 4. The Morgan fingerprint density at radius 3 is 0.884 bits per heavy atom. The molecule has 7 heteroatoms. The van der Waals surface area contributed by atoms with Gasteiger partial charge in [-0.2, -0.15) is 0 Å². The quantitative estimate of drug-likeness (QED) is 0.241. The molecule has 4 aliphatic heterocycles. The van der Waals surface area contributed by atoms with Gasteiger partial charge in [-0.05, 0) is 70.8 Å². The summed E-state index contributed by atoms with van der Waals surface area (Å²) < 4.78 is 21.9. The van der Waals surface area contributed by atoms with Crippen LogP contribution in [-0.4, -0.2) is 50.7 Å². The second kappa shape index (κ2) is 11.1. The summed E-state index contributed by atoms with van der Waals surface area (Å²) in [6, 6.07) is 32.5. The molecular formula is C36H36N2O5. The lowest BCUT2D eigenvalue weighted by atomic mass is 9.60. The minimum atomic E-state index is -0.246. The molecule has 0 saturated carbocycles. The van der Waals surface area contributed by atoms with Gasteiger partial charge >= 0.3 is 0 Å². The molecule has 0 aliphatic carbocycles. The van der Waals surface area contributed by atoms with E-state index in [2.05, 4.69) is 58.3 Å². The smallest absolute Gasteiger partial charge is 0.146 e. The van der Waals surface area contributed by atoms with Crippen LogP contribution in [0, 0.1) is 11.8 Å². The summed E-state index contributed by atoms with van der Waals surface area (Å²) in [7, 11) is 6.71. The van der Waals surface area contributed by atoms with Gasteiger partial charge in [0.1, 0.15) is 28.8 Å². The van der Waals surface area contributed by atoms with E-state index in [0.29, 0.717) is 12.5 Å². The fourth-order valence-electron chi connectivity index (χ4n) is 7.70. The molecule has 4 heterocycles. The molecule has 4 aromatic carbocycles. The van der Waals surface area contributed by atoms with Crippen molar-refractivity contribution in [2.24, 2.45) is 11.8 Å². The molecule has 4 aliphatic rings. The summed E-state index contributed by atoms with van der Waals surface area (Å²) in [6.07, 6.45) is 0. The molecule has 4 bridgehead atoms. The number of nitrogens with zero attached hydrogens (tertiary/aromatic N) is 2. The summed E-state index contributed by atoms with van der Waals surface area (Å²) in [6.45, 7) is 0.709. The van der Waals surface area contributed by atoms with E-state index in [9.17, 15) is 0 Å². The lowest BCUT2D eigenvalue weighted by Crippen LogP contribution is -2.69. The first-order chi connectivity index (χ1) is 21.1. The molecule has 0 N–H and O–H groups in total. The SMILES string of the molecule is COc1ccc([C@@H]2C3C(=O)C4[C@H](c5ccc(OC)cc5)N2CN([C@@H]3c2ccc(OC)cc2)[C@H]4c2ccc(OC)cc2)cc1. The number of hydrogen-bond donors (Lipinski definition) is 0. The van der Waals surface area contributed by atoms with Gasteiger partial charge < -0.3 is 18.9 Å². The van der Waals surface area contributed by atoms with Crippen LogP contribution in [0.1, 0.15) is 46.4 Å². The lowest BCUT2D eigenvalue weighted by Gasteiger charge is -2.67. The van der Waals surface area contributed by atoms with Gasteiger partial charge in [-0.1, -0.05) is 48.5 Å². The first-order valence-electron chi connectivity index (χ1n) is 14.7. The van der Waals surface area contributed by atoms with Crippen molar-refractivity contribution in [3.8, 4) is 23.0 Å². The summed E-state index contributed by atoms with van der Waals surface area (Å²) >= 11 is 0. The van der Waals surface area contributed by atoms with Crippen molar-refractivity contribution in [2.75, 3.05) is 35.1 Å². The Hall–Kier alpha value is -4.33. The minimum Gasteiger partial charge on any atom is -0.497 e.